The summed E-state index contributed by atoms with van der Waals surface area (Å²) in [4.78, 5) is 25.8. The lowest BCUT2D eigenvalue weighted by Gasteiger charge is -2.16. The highest BCUT2D eigenvalue weighted by atomic mass is 16.5. The molecule has 2 aromatic rings. The van der Waals surface area contributed by atoms with E-state index in [0.29, 0.717) is 28.9 Å². The number of fused-ring (bicyclic) bond motifs is 1. The third-order valence-corrected chi connectivity index (χ3v) is 5.35. The number of hydrogen-bond donors (Lipinski definition) is 2. The van der Waals surface area contributed by atoms with Gasteiger partial charge in [0.05, 0.1) is 19.7 Å². The number of unbranched alkanes of at least 4 members (excludes halogenated alkanes) is 6. The number of methoxy groups -OCH3 is 2. The van der Waals surface area contributed by atoms with E-state index in [1.807, 2.05) is 0 Å². The van der Waals surface area contributed by atoms with Gasteiger partial charge in [0.1, 0.15) is 11.3 Å². The zero-order valence-electron chi connectivity index (χ0n) is 18.8. The zero-order chi connectivity index (χ0) is 22.8. The molecule has 31 heavy (non-hydrogen) atoms. The maximum atomic E-state index is 13.0. The highest BCUT2D eigenvalue weighted by Crippen LogP contribution is 2.36. The minimum absolute atomic E-state index is 0.184. The van der Waals surface area contributed by atoms with Gasteiger partial charge >= 0.3 is 0 Å². The van der Waals surface area contributed by atoms with E-state index >= 15 is 0 Å². The van der Waals surface area contributed by atoms with Crippen molar-refractivity contribution in [2.24, 2.45) is 0 Å². The molecule has 1 heterocycles. The molecule has 1 amide bonds. The van der Waals surface area contributed by atoms with Crippen LogP contribution in [0.15, 0.2) is 29.6 Å². The van der Waals surface area contributed by atoms with Crippen molar-refractivity contribution < 1.29 is 19.4 Å². The third kappa shape index (κ3) is 5.81. The van der Waals surface area contributed by atoms with Gasteiger partial charge in [-0.25, -0.2) is 0 Å². The Kier molecular flexibility index (Phi) is 9.43. The Hall–Kier alpha value is -2.96. The molecule has 0 bridgehead atoms. The van der Waals surface area contributed by atoms with Gasteiger partial charge in [0.15, 0.2) is 11.5 Å². The first-order valence-corrected chi connectivity index (χ1v) is 10.9. The number of carbonyl (C=O) groups excluding carboxylic acids is 1. The van der Waals surface area contributed by atoms with Crippen LogP contribution in [-0.4, -0.2) is 36.3 Å². The van der Waals surface area contributed by atoms with Crippen LogP contribution >= 0.6 is 0 Å². The second-order valence-electron chi connectivity index (χ2n) is 7.53. The number of rotatable bonds is 13. The van der Waals surface area contributed by atoms with E-state index in [0.717, 1.165) is 19.3 Å². The Morgan fingerprint density at radius 2 is 1.71 bits per heavy atom. The lowest BCUT2D eigenvalue weighted by Crippen LogP contribution is -2.33. The Morgan fingerprint density at radius 1 is 1.10 bits per heavy atom. The normalized spacial score (nSPS) is 10.8. The van der Waals surface area contributed by atoms with Crippen molar-refractivity contribution in [2.75, 3.05) is 20.8 Å². The molecule has 0 aliphatic carbocycles. The number of amides is 1. The van der Waals surface area contributed by atoms with Crippen molar-refractivity contribution >= 4 is 16.8 Å². The molecule has 0 aliphatic heterocycles. The van der Waals surface area contributed by atoms with Crippen molar-refractivity contribution in [2.45, 2.75) is 58.4 Å². The molecule has 1 aromatic carbocycles. The number of aromatic nitrogens is 1. The Morgan fingerprint density at radius 3 is 2.32 bits per heavy atom. The number of carbonyl (C=O) groups is 1. The maximum Gasteiger partial charge on any atom is 0.268 e. The molecule has 7 heteroatoms. The van der Waals surface area contributed by atoms with Gasteiger partial charge in [-0.1, -0.05) is 51.5 Å². The Balaban J connectivity index is 2.27. The molecule has 0 aliphatic rings. The van der Waals surface area contributed by atoms with Crippen LogP contribution in [0.1, 0.15) is 62.2 Å². The SMILES string of the molecule is C=CCn1c(=O)c(C(=O)NCCCCCCCCC)c(O)c2cc(OC)c(OC)cc21. The zero-order valence-corrected chi connectivity index (χ0v) is 18.8. The van der Waals surface area contributed by atoms with Crippen molar-refractivity contribution in [3.63, 3.8) is 0 Å². The number of ether oxygens (including phenoxy) is 2. The molecule has 170 valence electrons. The first-order valence-electron chi connectivity index (χ1n) is 10.9. The van der Waals surface area contributed by atoms with Crippen LogP contribution in [0.4, 0.5) is 0 Å². The quantitative estimate of drug-likeness (QED) is 0.363. The minimum Gasteiger partial charge on any atom is -0.506 e. The lowest BCUT2D eigenvalue weighted by atomic mass is 10.1. The highest BCUT2D eigenvalue weighted by Gasteiger charge is 2.23. The molecular weight excluding hydrogens is 396 g/mol. The van der Waals surface area contributed by atoms with Crippen molar-refractivity contribution in [3.05, 3.63) is 40.7 Å². The summed E-state index contributed by atoms with van der Waals surface area (Å²) in [6.45, 7) is 6.52. The summed E-state index contributed by atoms with van der Waals surface area (Å²) < 4.78 is 12.0. The van der Waals surface area contributed by atoms with E-state index in [2.05, 4.69) is 18.8 Å². The van der Waals surface area contributed by atoms with Gasteiger partial charge in [0.25, 0.3) is 11.5 Å². The molecule has 2 N–H and O–H groups in total. The molecule has 7 nitrogen and oxygen atoms in total. The van der Waals surface area contributed by atoms with Gasteiger partial charge in [0, 0.05) is 24.5 Å². The minimum atomic E-state index is -0.581. The van der Waals surface area contributed by atoms with E-state index in [1.165, 1.54) is 44.5 Å². The molecule has 0 fully saturated rings. The molecule has 1 aromatic heterocycles. The molecular formula is C24H34N2O5. The Bertz CT molecular complexity index is 965. The first kappa shape index (κ1) is 24.3. The van der Waals surface area contributed by atoms with Crippen LogP contribution in [0, 0.1) is 0 Å². The number of hydrogen-bond acceptors (Lipinski definition) is 5. The first-order chi connectivity index (χ1) is 15.0. The summed E-state index contributed by atoms with van der Waals surface area (Å²) in [7, 11) is 2.97. The highest BCUT2D eigenvalue weighted by molar-refractivity contribution is 6.03. The second kappa shape index (κ2) is 12.0. The molecule has 2 rings (SSSR count). The van der Waals surface area contributed by atoms with Crippen LogP contribution in [0.3, 0.4) is 0 Å². The smallest absolute Gasteiger partial charge is 0.268 e. The van der Waals surface area contributed by atoms with Crippen molar-refractivity contribution in [3.8, 4) is 17.2 Å². The number of aromatic hydroxyl groups is 1. The summed E-state index contributed by atoms with van der Waals surface area (Å²) in [6, 6.07) is 3.18. The van der Waals surface area contributed by atoms with E-state index in [9.17, 15) is 14.7 Å². The number of allylic oxidation sites excluding steroid dienone is 1. The molecule has 0 radical (unpaired) electrons. The van der Waals surface area contributed by atoms with Crippen LogP contribution in [0.25, 0.3) is 10.9 Å². The van der Waals surface area contributed by atoms with Crippen LogP contribution in [-0.2, 0) is 6.54 Å². The number of nitrogens with one attached hydrogen (secondary N) is 1. The fraction of sp³-hybridized carbons (Fsp3) is 0.500. The topological polar surface area (TPSA) is 89.8 Å². The average Bonchev–Trinajstić information content (AvgIpc) is 2.77. The second-order valence-corrected chi connectivity index (χ2v) is 7.53. The van der Waals surface area contributed by atoms with Crippen molar-refractivity contribution in [1.82, 2.24) is 9.88 Å². The third-order valence-electron chi connectivity index (χ3n) is 5.35. The summed E-state index contributed by atoms with van der Waals surface area (Å²) in [5, 5.41) is 13.9. The average molecular weight is 431 g/mol. The van der Waals surface area contributed by atoms with Crippen LogP contribution in [0.5, 0.6) is 17.2 Å². The fourth-order valence-electron chi connectivity index (χ4n) is 3.65. The van der Waals surface area contributed by atoms with E-state index in [-0.39, 0.29) is 17.9 Å². The van der Waals surface area contributed by atoms with Gasteiger partial charge in [-0.15, -0.1) is 6.58 Å². The van der Waals surface area contributed by atoms with Crippen LogP contribution in [0.2, 0.25) is 0 Å². The van der Waals surface area contributed by atoms with E-state index in [4.69, 9.17) is 9.47 Å². The van der Waals surface area contributed by atoms with Gasteiger partial charge in [0.2, 0.25) is 0 Å². The molecule has 0 saturated heterocycles. The van der Waals surface area contributed by atoms with Gasteiger partial charge < -0.3 is 24.5 Å². The largest absolute Gasteiger partial charge is 0.506 e. The molecule has 0 unspecified atom stereocenters. The van der Waals surface area contributed by atoms with Crippen molar-refractivity contribution in [1.29, 1.82) is 0 Å². The maximum absolute atomic E-state index is 13.0. The molecule has 0 spiro atoms. The summed E-state index contributed by atoms with van der Waals surface area (Å²) in [5.74, 6) is -0.132. The number of benzene rings is 1. The standard InChI is InChI=1S/C24H34N2O5/c1-5-7-8-9-10-11-12-13-25-23(28)21-22(27)17-15-19(30-3)20(31-4)16-18(17)26(14-6-2)24(21)29/h6,15-16,27H,2,5,7-14H2,1,3-4H3,(H,25,28). The van der Waals surface area contributed by atoms with Gasteiger partial charge in [-0.3, -0.25) is 9.59 Å². The fourth-order valence-corrected chi connectivity index (χ4v) is 3.65. The van der Waals surface area contributed by atoms with Gasteiger partial charge in [-0.2, -0.15) is 0 Å². The van der Waals surface area contributed by atoms with E-state index < -0.39 is 11.5 Å². The summed E-state index contributed by atoms with van der Waals surface area (Å²) in [6.07, 6.45) is 9.46. The predicted octanol–water partition coefficient (Wildman–Crippen LogP) is 4.39. The summed E-state index contributed by atoms with van der Waals surface area (Å²) >= 11 is 0. The number of nitrogens with zero attached hydrogens (tertiary/aromatic N) is 1. The van der Waals surface area contributed by atoms with E-state index in [1.54, 1.807) is 18.2 Å². The Labute approximate surface area is 183 Å². The molecule has 0 saturated carbocycles. The number of pyridine rings is 1. The predicted molar refractivity (Wildman–Crippen MR) is 124 cm³/mol. The lowest BCUT2D eigenvalue weighted by molar-refractivity contribution is 0.0948. The molecule has 0 atom stereocenters. The monoisotopic (exact) mass is 430 g/mol. The van der Waals surface area contributed by atoms with Crippen LogP contribution < -0.4 is 20.3 Å². The van der Waals surface area contributed by atoms with Gasteiger partial charge in [-0.05, 0) is 12.5 Å². The summed E-state index contributed by atoms with van der Waals surface area (Å²) in [5.41, 5.74) is -0.414.